The number of aliphatic hydroxyl groups excluding tert-OH is 1. The maximum atomic E-state index is 12.9. The van der Waals surface area contributed by atoms with Gasteiger partial charge in [0, 0.05) is 17.6 Å². The summed E-state index contributed by atoms with van der Waals surface area (Å²) in [6, 6.07) is 15.9. The van der Waals surface area contributed by atoms with Crippen LogP contribution >= 0.6 is 0 Å². The van der Waals surface area contributed by atoms with Crippen LogP contribution in [0.5, 0.6) is 5.88 Å². The molecule has 0 radical (unpaired) electrons. The summed E-state index contributed by atoms with van der Waals surface area (Å²) in [5.74, 6) is 0.378. The third-order valence-corrected chi connectivity index (χ3v) is 6.43. The van der Waals surface area contributed by atoms with Crippen molar-refractivity contribution in [1.29, 1.82) is 0 Å². The monoisotopic (exact) mass is 437 g/mol. The highest BCUT2D eigenvalue weighted by molar-refractivity contribution is 7.91. The zero-order valence-corrected chi connectivity index (χ0v) is 17.2. The summed E-state index contributed by atoms with van der Waals surface area (Å²) in [4.78, 5) is 17.3. The maximum absolute atomic E-state index is 12.9. The van der Waals surface area contributed by atoms with E-state index in [9.17, 15) is 13.2 Å². The van der Waals surface area contributed by atoms with Crippen LogP contribution in [0.4, 0.5) is 0 Å². The van der Waals surface area contributed by atoms with Gasteiger partial charge in [0.1, 0.15) is 6.61 Å². The average Bonchev–Trinajstić information content (AvgIpc) is 2.81. The smallest absolute Gasteiger partial charge is 0.274 e. The standard InChI is InChI=1S/C22H19N3O5S/c26-10-11-30-21-9-6-16(13-23-21)15-25-22(27)20-8-7-19(12-17(20)14-24-25)31(28,29)18-4-2-1-3-5-18/h1-9,12-14,26H,10-11,15H2. The largest absolute Gasteiger partial charge is 0.475 e. The fourth-order valence-electron chi connectivity index (χ4n) is 3.09. The minimum absolute atomic E-state index is 0.103. The second kappa shape index (κ2) is 8.66. The van der Waals surface area contributed by atoms with Gasteiger partial charge in [0.2, 0.25) is 15.7 Å². The number of rotatable bonds is 7. The molecule has 0 saturated carbocycles. The fraction of sp³-hybridized carbons (Fsp3) is 0.136. The lowest BCUT2D eigenvalue weighted by molar-refractivity contribution is 0.196. The zero-order chi connectivity index (χ0) is 21.8. The van der Waals surface area contributed by atoms with Crippen molar-refractivity contribution >= 4 is 20.6 Å². The van der Waals surface area contributed by atoms with E-state index in [0.29, 0.717) is 16.7 Å². The van der Waals surface area contributed by atoms with Crippen LogP contribution in [0.15, 0.2) is 87.6 Å². The number of ether oxygens (including phenoxy) is 1. The van der Waals surface area contributed by atoms with E-state index in [0.717, 1.165) is 5.56 Å². The van der Waals surface area contributed by atoms with Gasteiger partial charge in [-0.1, -0.05) is 24.3 Å². The molecule has 8 nitrogen and oxygen atoms in total. The first-order chi connectivity index (χ1) is 15.0. The molecular formula is C22H19N3O5S. The average molecular weight is 437 g/mol. The van der Waals surface area contributed by atoms with Gasteiger partial charge >= 0.3 is 0 Å². The Bertz CT molecular complexity index is 1370. The first-order valence-corrected chi connectivity index (χ1v) is 11.0. The molecule has 31 heavy (non-hydrogen) atoms. The molecule has 1 N–H and O–H groups in total. The summed E-state index contributed by atoms with van der Waals surface area (Å²) >= 11 is 0. The molecule has 2 aromatic heterocycles. The van der Waals surface area contributed by atoms with Gasteiger partial charge < -0.3 is 9.84 Å². The van der Waals surface area contributed by atoms with Gasteiger partial charge in [-0.3, -0.25) is 4.79 Å². The lowest BCUT2D eigenvalue weighted by Crippen LogP contribution is -2.23. The molecular weight excluding hydrogens is 418 g/mol. The van der Waals surface area contributed by atoms with Crippen molar-refractivity contribution in [3.63, 3.8) is 0 Å². The molecule has 4 rings (SSSR count). The molecule has 0 bridgehead atoms. The number of hydrogen-bond acceptors (Lipinski definition) is 7. The molecule has 0 aliphatic rings. The summed E-state index contributed by atoms with van der Waals surface area (Å²) in [5, 5.41) is 13.8. The second-order valence-corrected chi connectivity index (χ2v) is 8.70. The fourth-order valence-corrected chi connectivity index (χ4v) is 4.41. The van der Waals surface area contributed by atoms with Crippen molar-refractivity contribution in [2.75, 3.05) is 13.2 Å². The zero-order valence-electron chi connectivity index (χ0n) is 16.4. The number of fused-ring (bicyclic) bond motifs is 1. The Balaban J connectivity index is 1.63. The molecule has 0 aliphatic heterocycles. The van der Waals surface area contributed by atoms with Gasteiger partial charge in [-0.25, -0.2) is 18.1 Å². The summed E-state index contributed by atoms with van der Waals surface area (Å²) in [6.07, 6.45) is 3.05. The SMILES string of the molecule is O=c1c2ccc(S(=O)(=O)c3ccccc3)cc2cnn1Cc1ccc(OCCO)nc1. The minimum Gasteiger partial charge on any atom is -0.475 e. The first-order valence-electron chi connectivity index (χ1n) is 9.47. The van der Waals surface area contributed by atoms with Crippen molar-refractivity contribution in [3.8, 4) is 5.88 Å². The van der Waals surface area contributed by atoms with Crippen LogP contribution in [-0.4, -0.2) is 41.5 Å². The summed E-state index contributed by atoms with van der Waals surface area (Å²) in [6.45, 7) is 0.250. The Morgan fingerprint density at radius 3 is 2.48 bits per heavy atom. The quantitative estimate of drug-likeness (QED) is 0.471. The molecule has 2 aromatic carbocycles. The molecule has 9 heteroatoms. The summed E-state index contributed by atoms with van der Waals surface area (Å²) < 4.78 is 32.2. The normalized spacial score (nSPS) is 11.5. The van der Waals surface area contributed by atoms with E-state index < -0.39 is 9.84 Å². The molecule has 158 valence electrons. The molecule has 0 saturated heterocycles. The molecule has 0 amide bonds. The topological polar surface area (TPSA) is 111 Å². The van der Waals surface area contributed by atoms with Crippen LogP contribution < -0.4 is 10.3 Å². The van der Waals surface area contributed by atoms with Gasteiger partial charge in [-0.2, -0.15) is 5.10 Å². The van der Waals surface area contributed by atoms with Crippen LogP contribution in [0.25, 0.3) is 10.8 Å². The van der Waals surface area contributed by atoms with Crippen molar-refractivity contribution in [2.24, 2.45) is 0 Å². The molecule has 2 heterocycles. The molecule has 4 aromatic rings. The summed E-state index contributed by atoms with van der Waals surface area (Å²) in [5.41, 5.74) is 0.412. The Morgan fingerprint density at radius 1 is 0.968 bits per heavy atom. The molecule has 0 fully saturated rings. The van der Waals surface area contributed by atoms with E-state index in [1.165, 1.54) is 41.2 Å². The highest BCUT2D eigenvalue weighted by Crippen LogP contribution is 2.23. The van der Waals surface area contributed by atoms with E-state index in [4.69, 9.17) is 9.84 Å². The summed E-state index contributed by atoms with van der Waals surface area (Å²) in [7, 11) is -3.69. The third kappa shape index (κ3) is 4.32. The lowest BCUT2D eigenvalue weighted by Gasteiger charge is -2.09. The van der Waals surface area contributed by atoms with Crippen LogP contribution in [0.3, 0.4) is 0 Å². The Kier molecular flexibility index (Phi) is 5.79. The second-order valence-electron chi connectivity index (χ2n) is 6.75. The van der Waals surface area contributed by atoms with Gasteiger partial charge in [-0.05, 0) is 35.9 Å². The minimum atomic E-state index is -3.69. The van der Waals surface area contributed by atoms with Crippen molar-refractivity contribution in [2.45, 2.75) is 16.3 Å². The van der Waals surface area contributed by atoms with E-state index in [1.54, 1.807) is 36.5 Å². The van der Waals surface area contributed by atoms with Gasteiger partial charge in [0.05, 0.1) is 34.5 Å². The van der Waals surface area contributed by atoms with Crippen LogP contribution in [-0.2, 0) is 16.4 Å². The van der Waals surface area contributed by atoms with E-state index in [2.05, 4.69) is 10.1 Å². The Labute approximate surface area is 178 Å². The number of nitrogens with zero attached hydrogens (tertiary/aromatic N) is 3. The van der Waals surface area contributed by atoms with Gasteiger partial charge in [0.25, 0.3) is 5.56 Å². The highest BCUT2D eigenvalue weighted by atomic mass is 32.2. The van der Waals surface area contributed by atoms with Crippen LogP contribution in [0.1, 0.15) is 5.56 Å². The third-order valence-electron chi connectivity index (χ3n) is 4.66. The molecule has 0 spiro atoms. The van der Waals surface area contributed by atoms with Gasteiger partial charge in [-0.15, -0.1) is 0 Å². The van der Waals surface area contributed by atoms with Crippen molar-refractivity contribution in [1.82, 2.24) is 14.8 Å². The van der Waals surface area contributed by atoms with Crippen LogP contribution in [0.2, 0.25) is 0 Å². The Morgan fingerprint density at radius 2 is 1.77 bits per heavy atom. The highest BCUT2D eigenvalue weighted by Gasteiger charge is 2.18. The molecule has 0 unspecified atom stereocenters. The van der Waals surface area contributed by atoms with Crippen molar-refractivity contribution < 1.29 is 18.3 Å². The number of aromatic nitrogens is 3. The van der Waals surface area contributed by atoms with E-state index in [-0.39, 0.29) is 35.1 Å². The predicted octanol–water partition coefficient (Wildman–Crippen LogP) is 2.04. The number of sulfone groups is 1. The number of pyridine rings is 1. The Hall–Kier alpha value is -3.56. The predicted molar refractivity (Wildman–Crippen MR) is 114 cm³/mol. The van der Waals surface area contributed by atoms with E-state index in [1.807, 2.05) is 0 Å². The number of benzene rings is 2. The van der Waals surface area contributed by atoms with Crippen molar-refractivity contribution in [3.05, 3.63) is 89.0 Å². The number of aliphatic hydroxyl groups is 1. The lowest BCUT2D eigenvalue weighted by atomic mass is 10.2. The van der Waals surface area contributed by atoms with Crippen LogP contribution in [0, 0.1) is 0 Å². The molecule has 0 aliphatic carbocycles. The maximum Gasteiger partial charge on any atom is 0.274 e. The number of hydrogen-bond donors (Lipinski definition) is 1. The first kappa shape index (κ1) is 20.7. The van der Waals surface area contributed by atoms with Gasteiger partial charge in [0.15, 0.2) is 0 Å². The molecule has 0 atom stereocenters. The van der Waals surface area contributed by atoms with E-state index >= 15 is 0 Å².